The van der Waals surface area contributed by atoms with Crippen molar-refractivity contribution in [1.82, 2.24) is 0 Å². The van der Waals surface area contributed by atoms with Gasteiger partial charge >= 0.3 is 5.97 Å². The maximum atomic E-state index is 10.4. The van der Waals surface area contributed by atoms with Gasteiger partial charge in [0, 0.05) is 6.42 Å². The Morgan fingerprint density at radius 2 is 2.07 bits per heavy atom. The van der Waals surface area contributed by atoms with Gasteiger partial charge in [-0.3, -0.25) is 4.79 Å². The van der Waals surface area contributed by atoms with Crippen LogP contribution >= 0.6 is 11.6 Å². The molecule has 1 rings (SSSR count). The molecule has 0 spiro atoms. The molecular formula is C11H13ClO3. The summed E-state index contributed by atoms with van der Waals surface area (Å²) in [5.41, 5.74) is 2.30. The number of aliphatic carboxylic acids is 1. The van der Waals surface area contributed by atoms with E-state index in [4.69, 9.17) is 16.7 Å². The van der Waals surface area contributed by atoms with Gasteiger partial charge in [-0.15, -0.1) is 0 Å². The Hall–Kier alpha value is -1.22. The summed E-state index contributed by atoms with van der Waals surface area (Å²) in [7, 11) is 0. The number of aromatic hydroxyl groups is 1. The van der Waals surface area contributed by atoms with Crippen molar-refractivity contribution in [2.75, 3.05) is 0 Å². The van der Waals surface area contributed by atoms with Crippen molar-refractivity contribution in [2.45, 2.75) is 26.7 Å². The van der Waals surface area contributed by atoms with Crippen molar-refractivity contribution in [3.63, 3.8) is 0 Å². The largest absolute Gasteiger partial charge is 0.506 e. The van der Waals surface area contributed by atoms with Crippen LogP contribution in [0.4, 0.5) is 0 Å². The molecule has 0 bridgehead atoms. The zero-order valence-electron chi connectivity index (χ0n) is 8.67. The second-order valence-corrected chi connectivity index (χ2v) is 3.91. The van der Waals surface area contributed by atoms with Crippen LogP contribution in [0.1, 0.15) is 23.1 Å². The van der Waals surface area contributed by atoms with Gasteiger partial charge in [-0.2, -0.15) is 0 Å². The van der Waals surface area contributed by atoms with Gasteiger partial charge in [-0.1, -0.05) is 17.7 Å². The van der Waals surface area contributed by atoms with E-state index in [1.165, 1.54) is 0 Å². The number of carboxylic acids is 1. The highest BCUT2D eigenvalue weighted by Crippen LogP contribution is 2.33. The highest BCUT2D eigenvalue weighted by molar-refractivity contribution is 6.33. The quantitative estimate of drug-likeness (QED) is 0.836. The Labute approximate surface area is 93.3 Å². The topological polar surface area (TPSA) is 57.5 Å². The van der Waals surface area contributed by atoms with Crippen LogP contribution < -0.4 is 0 Å². The van der Waals surface area contributed by atoms with E-state index >= 15 is 0 Å². The fourth-order valence-corrected chi connectivity index (χ4v) is 1.70. The van der Waals surface area contributed by atoms with E-state index in [-0.39, 0.29) is 12.2 Å². The molecule has 0 atom stereocenters. The molecule has 3 nitrogen and oxygen atoms in total. The van der Waals surface area contributed by atoms with E-state index in [1.54, 1.807) is 19.9 Å². The lowest BCUT2D eigenvalue weighted by Gasteiger charge is -2.10. The summed E-state index contributed by atoms with van der Waals surface area (Å²) in [6.45, 7) is 3.52. The Kier molecular flexibility index (Phi) is 3.58. The third-order valence-corrected chi connectivity index (χ3v) is 2.85. The summed E-state index contributed by atoms with van der Waals surface area (Å²) in [5.74, 6) is -0.760. The number of hydrogen-bond donors (Lipinski definition) is 2. The summed E-state index contributed by atoms with van der Waals surface area (Å²) in [5, 5.41) is 18.4. The normalized spacial score (nSPS) is 10.3. The van der Waals surface area contributed by atoms with E-state index in [0.717, 1.165) is 11.1 Å². The number of halogens is 1. The summed E-state index contributed by atoms with van der Waals surface area (Å²) >= 11 is 5.91. The summed E-state index contributed by atoms with van der Waals surface area (Å²) < 4.78 is 0. The third kappa shape index (κ3) is 2.63. The van der Waals surface area contributed by atoms with Gasteiger partial charge in [-0.25, -0.2) is 0 Å². The van der Waals surface area contributed by atoms with Gasteiger partial charge in [0.1, 0.15) is 5.75 Å². The van der Waals surface area contributed by atoms with Crippen molar-refractivity contribution < 1.29 is 15.0 Å². The molecule has 4 heteroatoms. The molecule has 1 aromatic carbocycles. The van der Waals surface area contributed by atoms with Crippen LogP contribution in [-0.4, -0.2) is 16.2 Å². The molecule has 2 N–H and O–H groups in total. The molecule has 1 aromatic rings. The second-order valence-electron chi connectivity index (χ2n) is 3.53. The predicted octanol–water partition coefficient (Wildman–Crippen LogP) is 2.68. The number of carboxylic acid groups (broad SMARTS) is 1. The zero-order chi connectivity index (χ0) is 11.6. The van der Waals surface area contributed by atoms with E-state index in [9.17, 15) is 9.90 Å². The number of benzene rings is 1. The SMILES string of the molecule is Cc1cc(CCC(=O)O)c(C)c(Cl)c1O. The minimum atomic E-state index is -0.837. The molecule has 0 aliphatic carbocycles. The molecule has 82 valence electrons. The smallest absolute Gasteiger partial charge is 0.303 e. The molecule has 0 heterocycles. The van der Waals surface area contributed by atoms with Crippen LogP contribution in [0.3, 0.4) is 0 Å². The van der Waals surface area contributed by atoms with E-state index in [2.05, 4.69) is 0 Å². The monoisotopic (exact) mass is 228 g/mol. The molecule has 0 aliphatic rings. The van der Waals surface area contributed by atoms with E-state index in [1.807, 2.05) is 0 Å². The first kappa shape index (κ1) is 11.9. The average Bonchev–Trinajstić information content (AvgIpc) is 2.18. The molecule has 0 aliphatic heterocycles. The van der Waals surface area contributed by atoms with Gasteiger partial charge in [0.2, 0.25) is 0 Å². The van der Waals surface area contributed by atoms with Crippen LogP contribution in [0.15, 0.2) is 6.07 Å². The lowest BCUT2D eigenvalue weighted by atomic mass is 10.0. The zero-order valence-corrected chi connectivity index (χ0v) is 9.43. The minimum Gasteiger partial charge on any atom is -0.506 e. The maximum absolute atomic E-state index is 10.4. The van der Waals surface area contributed by atoms with Crippen LogP contribution in [-0.2, 0) is 11.2 Å². The van der Waals surface area contributed by atoms with Crippen LogP contribution in [0.25, 0.3) is 0 Å². The van der Waals surface area contributed by atoms with Crippen molar-refractivity contribution in [2.24, 2.45) is 0 Å². The van der Waals surface area contributed by atoms with Gasteiger partial charge < -0.3 is 10.2 Å². The fourth-order valence-electron chi connectivity index (χ4n) is 1.43. The molecule has 15 heavy (non-hydrogen) atoms. The van der Waals surface area contributed by atoms with Crippen molar-refractivity contribution in [3.05, 3.63) is 27.8 Å². The molecule has 0 aromatic heterocycles. The van der Waals surface area contributed by atoms with Crippen molar-refractivity contribution in [3.8, 4) is 5.75 Å². The predicted molar refractivity (Wildman–Crippen MR) is 58.5 cm³/mol. The number of hydrogen-bond acceptors (Lipinski definition) is 2. The second kappa shape index (κ2) is 4.53. The van der Waals surface area contributed by atoms with Crippen LogP contribution in [0.5, 0.6) is 5.75 Å². The highest BCUT2D eigenvalue weighted by atomic mass is 35.5. The standard InChI is InChI=1S/C11H13ClO3/c1-6-5-8(3-4-9(13)14)7(2)10(12)11(6)15/h5,15H,3-4H2,1-2H3,(H,13,14). The Bertz CT molecular complexity index is 399. The Balaban J connectivity index is 3.04. The molecule has 0 saturated heterocycles. The Morgan fingerprint density at radius 3 is 2.60 bits per heavy atom. The van der Waals surface area contributed by atoms with E-state index < -0.39 is 5.97 Å². The summed E-state index contributed by atoms with van der Waals surface area (Å²) in [6, 6.07) is 1.78. The number of carbonyl (C=O) groups is 1. The molecule has 0 saturated carbocycles. The first-order valence-electron chi connectivity index (χ1n) is 4.62. The molecule has 0 radical (unpaired) electrons. The van der Waals surface area contributed by atoms with Gasteiger partial charge in [-0.05, 0) is 37.0 Å². The van der Waals surface area contributed by atoms with E-state index in [0.29, 0.717) is 17.0 Å². The summed E-state index contributed by atoms with van der Waals surface area (Å²) in [6.07, 6.45) is 0.503. The lowest BCUT2D eigenvalue weighted by Crippen LogP contribution is -2.00. The Morgan fingerprint density at radius 1 is 1.47 bits per heavy atom. The maximum Gasteiger partial charge on any atom is 0.303 e. The molecule has 0 fully saturated rings. The summed E-state index contributed by atoms with van der Waals surface area (Å²) in [4.78, 5) is 10.4. The first-order valence-corrected chi connectivity index (χ1v) is 5.00. The molecular weight excluding hydrogens is 216 g/mol. The average molecular weight is 229 g/mol. The molecule has 0 amide bonds. The van der Waals surface area contributed by atoms with Crippen LogP contribution in [0.2, 0.25) is 5.02 Å². The van der Waals surface area contributed by atoms with Crippen LogP contribution in [0, 0.1) is 13.8 Å². The first-order chi connectivity index (χ1) is 6.93. The van der Waals surface area contributed by atoms with Gasteiger partial charge in [0.15, 0.2) is 0 Å². The number of rotatable bonds is 3. The van der Waals surface area contributed by atoms with Crippen molar-refractivity contribution in [1.29, 1.82) is 0 Å². The number of phenolic OH excluding ortho intramolecular Hbond substituents is 1. The van der Waals surface area contributed by atoms with Gasteiger partial charge in [0.25, 0.3) is 0 Å². The highest BCUT2D eigenvalue weighted by Gasteiger charge is 2.11. The fraction of sp³-hybridized carbons (Fsp3) is 0.364. The number of aryl methyl sites for hydroxylation is 2. The minimum absolute atomic E-state index is 0.0708. The third-order valence-electron chi connectivity index (χ3n) is 2.39. The van der Waals surface area contributed by atoms with Crippen molar-refractivity contribution >= 4 is 17.6 Å². The van der Waals surface area contributed by atoms with Gasteiger partial charge in [0.05, 0.1) is 5.02 Å². The lowest BCUT2D eigenvalue weighted by molar-refractivity contribution is -0.136. The number of phenols is 1. The molecule has 0 unspecified atom stereocenters.